The van der Waals surface area contributed by atoms with Gasteiger partial charge in [-0.1, -0.05) is 0 Å². The second-order valence-electron chi connectivity index (χ2n) is 7.14. The van der Waals surface area contributed by atoms with Crippen molar-refractivity contribution >= 4 is 11.6 Å². The summed E-state index contributed by atoms with van der Waals surface area (Å²) in [6.45, 7) is 6.32. The summed E-state index contributed by atoms with van der Waals surface area (Å²) in [6, 6.07) is 2.44. The molecule has 2 aromatic rings. The summed E-state index contributed by atoms with van der Waals surface area (Å²) in [5.41, 5.74) is 2.98. The summed E-state index contributed by atoms with van der Waals surface area (Å²) in [6.07, 6.45) is 8.45. The molecule has 3 heterocycles. The molecular weight excluding hydrogens is 288 g/mol. The minimum Gasteiger partial charge on any atom is -0.368 e. The first kappa shape index (κ1) is 14.5. The van der Waals surface area contributed by atoms with Crippen molar-refractivity contribution in [2.24, 2.45) is 0 Å². The summed E-state index contributed by atoms with van der Waals surface area (Å²) in [7, 11) is 0. The Hall–Kier alpha value is -2.11. The van der Waals surface area contributed by atoms with Gasteiger partial charge in [-0.2, -0.15) is 5.10 Å². The summed E-state index contributed by atoms with van der Waals surface area (Å²) < 4.78 is 0. The van der Waals surface area contributed by atoms with Gasteiger partial charge in [-0.3, -0.25) is 5.10 Å². The Bertz CT molecular complexity index is 694. The molecule has 0 radical (unpaired) electrons. The Labute approximate surface area is 136 Å². The Kier molecular flexibility index (Phi) is 3.47. The maximum atomic E-state index is 4.52. The third-order valence-electron chi connectivity index (χ3n) is 5.11. The Morgan fingerprint density at radius 2 is 2.22 bits per heavy atom. The van der Waals surface area contributed by atoms with E-state index in [0.29, 0.717) is 6.04 Å². The molecule has 4 rings (SSSR count). The van der Waals surface area contributed by atoms with Gasteiger partial charge in [0.2, 0.25) is 0 Å². The van der Waals surface area contributed by atoms with Crippen LogP contribution in [0, 0.1) is 0 Å². The number of nitrogens with one attached hydrogen (secondary N) is 2. The molecule has 0 saturated carbocycles. The van der Waals surface area contributed by atoms with Gasteiger partial charge in [0.1, 0.15) is 18.0 Å². The van der Waals surface area contributed by atoms with Gasteiger partial charge in [-0.05, 0) is 45.1 Å². The molecule has 1 aliphatic carbocycles. The summed E-state index contributed by atoms with van der Waals surface area (Å²) in [5.74, 6) is 1.92. The standard InChI is InChI=1S/C17H24N6/c1-12(2)21-14-8-15(19-11-18-14)23-7-3-5-17(10-23)6-4-13-9-20-22-16(13)17/h8-9,11-12H,3-7,10H2,1-2H3,(H,20,22)(H,18,19,21). The van der Waals surface area contributed by atoms with Gasteiger partial charge >= 0.3 is 0 Å². The van der Waals surface area contributed by atoms with Crippen LogP contribution >= 0.6 is 0 Å². The Balaban J connectivity index is 1.59. The van der Waals surface area contributed by atoms with E-state index in [1.807, 2.05) is 6.20 Å². The van der Waals surface area contributed by atoms with Crippen molar-refractivity contribution in [1.29, 1.82) is 0 Å². The van der Waals surface area contributed by atoms with Gasteiger partial charge in [-0.15, -0.1) is 0 Å². The van der Waals surface area contributed by atoms with Gasteiger partial charge in [0.25, 0.3) is 0 Å². The molecule has 1 aliphatic heterocycles. The quantitative estimate of drug-likeness (QED) is 0.911. The Morgan fingerprint density at radius 1 is 1.30 bits per heavy atom. The smallest absolute Gasteiger partial charge is 0.134 e. The first-order valence-corrected chi connectivity index (χ1v) is 8.53. The van der Waals surface area contributed by atoms with Crippen molar-refractivity contribution < 1.29 is 0 Å². The van der Waals surface area contributed by atoms with Crippen LogP contribution in [-0.4, -0.2) is 39.3 Å². The molecule has 0 aromatic carbocycles. The molecule has 1 atom stereocenters. The second-order valence-corrected chi connectivity index (χ2v) is 7.14. The predicted molar refractivity (Wildman–Crippen MR) is 90.8 cm³/mol. The fourth-order valence-corrected chi connectivity index (χ4v) is 4.09. The molecule has 0 bridgehead atoms. The van der Waals surface area contributed by atoms with Gasteiger partial charge < -0.3 is 10.2 Å². The zero-order valence-electron chi connectivity index (χ0n) is 13.8. The lowest BCUT2D eigenvalue weighted by molar-refractivity contribution is 0.331. The van der Waals surface area contributed by atoms with Crippen LogP contribution in [0.3, 0.4) is 0 Å². The van der Waals surface area contributed by atoms with Gasteiger partial charge in [0.05, 0.1) is 6.20 Å². The molecule has 1 unspecified atom stereocenters. The number of anilines is 2. The van der Waals surface area contributed by atoms with Crippen molar-refractivity contribution in [1.82, 2.24) is 20.2 Å². The maximum Gasteiger partial charge on any atom is 0.134 e. The van der Waals surface area contributed by atoms with E-state index >= 15 is 0 Å². The van der Waals surface area contributed by atoms with Crippen LogP contribution in [-0.2, 0) is 11.8 Å². The van der Waals surface area contributed by atoms with Crippen molar-refractivity contribution in [3.63, 3.8) is 0 Å². The van der Waals surface area contributed by atoms with E-state index in [2.05, 4.69) is 50.3 Å². The molecule has 1 saturated heterocycles. The highest BCUT2D eigenvalue weighted by atomic mass is 15.2. The number of nitrogens with zero attached hydrogens (tertiary/aromatic N) is 4. The topological polar surface area (TPSA) is 69.7 Å². The highest BCUT2D eigenvalue weighted by molar-refractivity contribution is 5.50. The number of aryl methyl sites for hydroxylation is 1. The number of H-pyrrole nitrogens is 1. The lowest BCUT2D eigenvalue weighted by Gasteiger charge is -2.41. The normalized spacial score (nSPS) is 23.5. The van der Waals surface area contributed by atoms with E-state index < -0.39 is 0 Å². The third kappa shape index (κ3) is 2.56. The zero-order valence-corrected chi connectivity index (χ0v) is 13.8. The maximum absolute atomic E-state index is 4.52. The molecule has 23 heavy (non-hydrogen) atoms. The fraction of sp³-hybridized carbons (Fsp3) is 0.588. The molecule has 2 N–H and O–H groups in total. The summed E-state index contributed by atoms with van der Waals surface area (Å²) >= 11 is 0. The van der Waals surface area contributed by atoms with E-state index in [-0.39, 0.29) is 5.41 Å². The monoisotopic (exact) mass is 312 g/mol. The average molecular weight is 312 g/mol. The fourth-order valence-electron chi connectivity index (χ4n) is 4.09. The van der Waals surface area contributed by atoms with Crippen LogP contribution in [0.1, 0.15) is 44.4 Å². The first-order valence-electron chi connectivity index (χ1n) is 8.53. The van der Waals surface area contributed by atoms with Crippen molar-refractivity contribution in [2.45, 2.75) is 51.0 Å². The van der Waals surface area contributed by atoms with E-state index in [1.165, 1.54) is 30.5 Å². The lowest BCUT2D eigenvalue weighted by atomic mass is 9.77. The van der Waals surface area contributed by atoms with Crippen LogP contribution in [0.4, 0.5) is 11.6 Å². The van der Waals surface area contributed by atoms with E-state index in [4.69, 9.17) is 0 Å². The van der Waals surface area contributed by atoms with Crippen LogP contribution in [0.25, 0.3) is 0 Å². The van der Waals surface area contributed by atoms with Gasteiger partial charge in [-0.25, -0.2) is 9.97 Å². The highest BCUT2D eigenvalue weighted by Gasteiger charge is 2.43. The van der Waals surface area contributed by atoms with Crippen LogP contribution in [0.2, 0.25) is 0 Å². The van der Waals surface area contributed by atoms with Gasteiger partial charge in [0.15, 0.2) is 0 Å². The van der Waals surface area contributed by atoms with E-state index in [9.17, 15) is 0 Å². The number of aromatic amines is 1. The summed E-state index contributed by atoms with van der Waals surface area (Å²) in [4.78, 5) is 11.3. The zero-order chi connectivity index (χ0) is 15.9. The second kappa shape index (κ2) is 5.51. The van der Waals surface area contributed by atoms with Crippen molar-refractivity contribution in [3.05, 3.63) is 29.8 Å². The molecular formula is C17H24N6. The number of piperidine rings is 1. The highest BCUT2D eigenvalue weighted by Crippen LogP contribution is 2.44. The first-order chi connectivity index (χ1) is 11.2. The molecule has 2 aromatic heterocycles. The SMILES string of the molecule is CC(C)Nc1cc(N2CCCC3(CCc4cn[nH]c43)C2)ncn1. The minimum absolute atomic E-state index is 0.223. The largest absolute Gasteiger partial charge is 0.368 e. The molecule has 0 amide bonds. The van der Waals surface area contributed by atoms with Crippen LogP contribution in [0.5, 0.6) is 0 Å². The lowest BCUT2D eigenvalue weighted by Crippen LogP contribution is -2.45. The molecule has 1 spiro atoms. The number of aromatic nitrogens is 4. The number of hydrogen-bond acceptors (Lipinski definition) is 5. The number of fused-ring (bicyclic) bond motifs is 2. The van der Waals surface area contributed by atoms with Crippen molar-refractivity contribution in [2.75, 3.05) is 23.3 Å². The van der Waals surface area contributed by atoms with Gasteiger partial charge in [0, 0.05) is 36.3 Å². The average Bonchev–Trinajstić information content (AvgIpc) is 3.12. The molecule has 1 fully saturated rings. The minimum atomic E-state index is 0.223. The van der Waals surface area contributed by atoms with Crippen LogP contribution < -0.4 is 10.2 Å². The summed E-state index contributed by atoms with van der Waals surface area (Å²) in [5, 5.41) is 10.9. The van der Waals surface area contributed by atoms with Crippen molar-refractivity contribution in [3.8, 4) is 0 Å². The third-order valence-corrected chi connectivity index (χ3v) is 5.11. The predicted octanol–water partition coefficient (Wildman–Crippen LogP) is 2.50. The number of rotatable bonds is 3. The van der Waals surface area contributed by atoms with Crippen LogP contribution in [0.15, 0.2) is 18.6 Å². The van der Waals surface area contributed by atoms with E-state index in [1.54, 1.807) is 6.33 Å². The molecule has 6 nitrogen and oxygen atoms in total. The molecule has 6 heteroatoms. The number of hydrogen-bond donors (Lipinski definition) is 2. The Morgan fingerprint density at radius 3 is 3.09 bits per heavy atom. The molecule has 2 aliphatic rings. The van der Waals surface area contributed by atoms with E-state index in [0.717, 1.165) is 31.1 Å². The molecule has 122 valence electrons.